The topological polar surface area (TPSA) is 20.3 Å². The first-order valence-corrected chi connectivity index (χ1v) is 5.74. The van der Waals surface area contributed by atoms with Crippen LogP contribution >= 0.6 is 11.6 Å². The molecule has 80 valence electrons. The first kappa shape index (κ1) is 10.5. The van der Waals surface area contributed by atoms with Gasteiger partial charge in [-0.05, 0) is 24.0 Å². The molecule has 1 amide bonds. The molecule has 1 heterocycles. The molecule has 0 saturated carbocycles. The van der Waals surface area contributed by atoms with Crippen LogP contribution in [-0.2, 0) is 10.7 Å². The van der Waals surface area contributed by atoms with Crippen LogP contribution in [0.2, 0.25) is 0 Å². The van der Waals surface area contributed by atoms with Crippen molar-refractivity contribution >= 4 is 18.0 Å². The van der Waals surface area contributed by atoms with E-state index in [9.17, 15) is 4.79 Å². The average molecular weight is 224 g/mol. The Balaban J connectivity index is 2.17. The van der Waals surface area contributed by atoms with Crippen molar-refractivity contribution in [3.63, 3.8) is 0 Å². The molecule has 0 N–H and O–H groups in total. The molecule has 1 saturated heterocycles. The van der Waals surface area contributed by atoms with Gasteiger partial charge in [-0.25, -0.2) is 0 Å². The molecule has 1 unspecified atom stereocenters. The molecule has 0 aliphatic carbocycles. The molecule has 1 atom stereocenters. The van der Waals surface area contributed by atoms with Gasteiger partial charge < -0.3 is 4.90 Å². The molecule has 1 aliphatic rings. The molecule has 15 heavy (non-hydrogen) atoms. The van der Waals surface area contributed by atoms with Crippen molar-refractivity contribution in [2.75, 3.05) is 6.54 Å². The summed E-state index contributed by atoms with van der Waals surface area (Å²) < 4.78 is 0. The van der Waals surface area contributed by atoms with Gasteiger partial charge in [0.1, 0.15) is 0 Å². The highest BCUT2D eigenvalue weighted by atomic mass is 35.5. The first-order valence-electron chi connectivity index (χ1n) is 5.21. The van der Waals surface area contributed by atoms with Gasteiger partial charge in [-0.3, -0.25) is 4.79 Å². The normalized spacial score (nSPS) is 20.6. The molecule has 2 rings (SSSR count). The number of carbonyl (C=O) groups excluding carboxylic acids is 1. The second-order valence-corrected chi connectivity index (χ2v) is 4.14. The molecule has 0 spiro atoms. The molecule has 0 radical (unpaired) electrons. The summed E-state index contributed by atoms with van der Waals surface area (Å²) >= 11 is 5.73. The van der Waals surface area contributed by atoms with Crippen LogP contribution in [-0.4, -0.2) is 17.9 Å². The van der Waals surface area contributed by atoms with Crippen LogP contribution in [0.15, 0.2) is 24.3 Å². The van der Waals surface area contributed by atoms with E-state index in [-0.39, 0.29) is 6.04 Å². The molecule has 1 aromatic carbocycles. The van der Waals surface area contributed by atoms with Gasteiger partial charge >= 0.3 is 0 Å². The highest BCUT2D eigenvalue weighted by Crippen LogP contribution is 2.30. The van der Waals surface area contributed by atoms with Crippen LogP contribution in [0, 0.1) is 0 Å². The van der Waals surface area contributed by atoms with E-state index in [1.165, 1.54) is 5.56 Å². The van der Waals surface area contributed by atoms with E-state index in [1.54, 1.807) is 0 Å². The number of alkyl halides is 1. The summed E-state index contributed by atoms with van der Waals surface area (Å²) in [6.45, 7) is 0.880. The lowest BCUT2D eigenvalue weighted by molar-refractivity contribution is -0.118. The Bertz CT molecular complexity index is 336. The molecule has 1 fully saturated rings. The van der Waals surface area contributed by atoms with E-state index in [2.05, 4.69) is 12.1 Å². The lowest BCUT2D eigenvalue weighted by Gasteiger charge is -2.20. The maximum atomic E-state index is 10.8. The summed E-state index contributed by atoms with van der Waals surface area (Å²) in [6, 6.07) is 8.48. The summed E-state index contributed by atoms with van der Waals surface area (Å²) in [5.74, 6) is 0.544. The van der Waals surface area contributed by atoms with Crippen molar-refractivity contribution in [3.8, 4) is 0 Å². The summed E-state index contributed by atoms with van der Waals surface area (Å²) in [5, 5.41) is 0. The maximum absolute atomic E-state index is 10.8. The van der Waals surface area contributed by atoms with Gasteiger partial charge in [0.2, 0.25) is 6.41 Å². The fourth-order valence-corrected chi connectivity index (χ4v) is 2.28. The number of hydrogen-bond acceptors (Lipinski definition) is 1. The minimum atomic E-state index is 0.270. The van der Waals surface area contributed by atoms with Gasteiger partial charge in [0.15, 0.2) is 0 Å². The van der Waals surface area contributed by atoms with Crippen molar-refractivity contribution in [1.29, 1.82) is 0 Å². The van der Waals surface area contributed by atoms with Crippen molar-refractivity contribution in [2.24, 2.45) is 0 Å². The number of rotatable bonds is 3. The summed E-state index contributed by atoms with van der Waals surface area (Å²) in [5.41, 5.74) is 2.34. The second kappa shape index (κ2) is 4.67. The zero-order valence-corrected chi connectivity index (χ0v) is 9.28. The summed E-state index contributed by atoms with van der Waals surface area (Å²) in [6.07, 6.45) is 3.12. The Kier molecular flexibility index (Phi) is 3.27. The van der Waals surface area contributed by atoms with Crippen molar-refractivity contribution in [2.45, 2.75) is 24.8 Å². The largest absolute Gasteiger partial charge is 0.338 e. The Morgan fingerprint density at radius 1 is 1.40 bits per heavy atom. The van der Waals surface area contributed by atoms with E-state index >= 15 is 0 Å². The monoisotopic (exact) mass is 223 g/mol. The zero-order chi connectivity index (χ0) is 10.7. The van der Waals surface area contributed by atoms with Crippen LogP contribution in [0.25, 0.3) is 0 Å². The lowest BCUT2D eigenvalue weighted by Crippen LogP contribution is -2.20. The van der Waals surface area contributed by atoms with Gasteiger partial charge in [0.05, 0.1) is 6.04 Å². The molecular weight excluding hydrogens is 210 g/mol. The lowest BCUT2D eigenvalue weighted by atomic mass is 10.0. The van der Waals surface area contributed by atoms with Crippen LogP contribution < -0.4 is 0 Å². The minimum absolute atomic E-state index is 0.270. The quantitative estimate of drug-likeness (QED) is 0.570. The summed E-state index contributed by atoms with van der Waals surface area (Å²) in [7, 11) is 0. The molecule has 0 bridgehead atoms. The van der Waals surface area contributed by atoms with Gasteiger partial charge in [-0.1, -0.05) is 24.3 Å². The SMILES string of the molecule is O=CN1CCCC1c1ccc(CCl)cc1. The Morgan fingerprint density at radius 2 is 2.13 bits per heavy atom. The predicted molar refractivity (Wildman–Crippen MR) is 60.7 cm³/mol. The number of hydrogen-bond donors (Lipinski definition) is 0. The smallest absolute Gasteiger partial charge is 0.210 e. The fourth-order valence-electron chi connectivity index (χ4n) is 2.10. The Hall–Kier alpha value is -1.02. The molecule has 2 nitrogen and oxygen atoms in total. The highest BCUT2D eigenvalue weighted by Gasteiger charge is 2.24. The number of likely N-dealkylation sites (tertiary alicyclic amines) is 1. The van der Waals surface area contributed by atoms with Crippen LogP contribution in [0.5, 0.6) is 0 Å². The third-order valence-electron chi connectivity index (χ3n) is 2.95. The number of halogens is 1. The number of benzene rings is 1. The average Bonchev–Trinajstić information content (AvgIpc) is 2.77. The van der Waals surface area contributed by atoms with E-state index in [0.717, 1.165) is 31.4 Å². The van der Waals surface area contributed by atoms with Gasteiger partial charge in [0, 0.05) is 12.4 Å². The molecule has 1 aliphatic heterocycles. The third kappa shape index (κ3) is 2.15. The molecular formula is C12H14ClNO. The zero-order valence-electron chi connectivity index (χ0n) is 8.53. The van der Waals surface area contributed by atoms with Gasteiger partial charge in [-0.2, -0.15) is 0 Å². The van der Waals surface area contributed by atoms with E-state index < -0.39 is 0 Å². The number of nitrogens with zero attached hydrogens (tertiary/aromatic N) is 1. The Labute approximate surface area is 94.8 Å². The van der Waals surface area contributed by atoms with Crippen molar-refractivity contribution < 1.29 is 4.79 Å². The van der Waals surface area contributed by atoms with E-state index in [0.29, 0.717) is 5.88 Å². The summed E-state index contributed by atoms with van der Waals surface area (Å²) in [4.78, 5) is 12.7. The van der Waals surface area contributed by atoms with Gasteiger partial charge in [0.25, 0.3) is 0 Å². The predicted octanol–water partition coefficient (Wildman–Crippen LogP) is 2.72. The first-order chi connectivity index (χ1) is 7.35. The van der Waals surface area contributed by atoms with Crippen molar-refractivity contribution in [3.05, 3.63) is 35.4 Å². The van der Waals surface area contributed by atoms with Gasteiger partial charge in [-0.15, -0.1) is 11.6 Å². The number of amides is 1. The highest BCUT2D eigenvalue weighted by molar-refractivity contribution is 6.17. The molecule has 1 aromatic rings. The van der Waals surface area contributed by atoms with E-state index in [4.69, 9.17) is 11.6 Å². The molecule has 3 heteroatoms. The number of carbonyl (C=O) groups is 1. The standard InChI is InChI=1S/C12H14ClNO/c13-8-10-3-5-11(6-4-10)12-2-1-7-14(12)9-15/h3-6,9,12H,1-2,7-8H2. The third-order valence-corrected chi connectivity index (χ3v) is 3.26. The van der Waals surface area contributed by atoms with E-state index in [1.807, 2.05) is 17.0 Å². The van der Waals surface area contributed by atoms with Crippen molar-refractivity contribution in [1.82, 2.24) is 4.90 Å². The Morgan fingerprint density at radius 3 is 2.73 bits per heavy atom. The van der Waals surface area contributed by atoms with Crippen LogP contribution in [0.3, 0.4) is 0 Å². The molecule has 0 aromatic heterocycles. The maximum Gasteiger partial charge on any atom is 0.210 e. The second-order valence-electron chi connectivity index (χ2n) is 3.88. The minimum Gasteiger partial charge on any atom is -0.338 e. The van der Waals surface area contributed by atoms with Crippen LogP contribution in [0.4, 0.5) is 0 Å². The van der Waals surface area contributed by atoms with Crippen LogP contribution in [0.1, 0.15) is 30.0 Å². The fraction of sp³-hybridized carbons (Fsp3) is 0.417.